The Labute approximate surface area is 187 Å². The number of benzene rings is 1. The van der Waals surface area contributed by atoms with E-state index < -0.39 is 0 Å². The zero-order valence-electron chi connectivity index (χ0n) is 15.5. The molecule has 0 atom stereocenters. The number of rotatable bonds is 7. The molecule has 0 aliphatic heterocycles. The number of nitrogens with one attached hydrogen (secondary N) is 1. The zero-order chi connectivity index (χ0) is 20.1. The summed E-state index contributed by atoms with van der Waals surface area (Å²) in [7, 11) is 0. The van der Waals surface area contributed by atoms with Gasteiger partial charge in [-0.25, -0.2) is 9.97 Å². The number of anilines is 2. The Hall–Kier alpha value is -2.06. The molecule has 4 nitrogen and oxygen atoms in total. The van der Waals surface area contributed by atoms with Crippen LogP contribution in [0.5, 0.6) is 0 Å². The fourth-order valence-corrected chi connectivity index (χ4v) is 5.28. The van der Waals surface area contributed by atoms with Crippen molar-refractivity contribution in [3.05, 3.63) is 82.7 Å². The number of aryl methyl sites for hydroxylation is 1. The molecule has 0 spiro atoms. The molecule has 0 radical (unpaired) electrons. The van der Waals surface area contributed by atoms with Gasteiger partial charge in [-0.15, -0.1) is 23.1 Å². The lowest BCUT2D eigenvalue weighted by atomic mass is 10.3. The normalized spacial score (nSPS) is 10.8. The van der Waals surface area contributed by atoms with Crippen molar-refractivity contribution in [3.63, 3.8) is 0 Å². The van der Waals surface area contributed by atoms with Gasteiger partial charge < -0.3 is 5.32 Å². The van der Waals surface area contributed by atoms with Crippen molar-refractivity contribution in [2.24, 2.45) is 0 Å². The number of hydrogen-bond donors (Lipinski definition) is 1. The second-order valence-electron chi connectivity index (χ2n) is 6.11. The van der Waals surface area contributed by atoms with Gasteiger partial charge in [-0.2, -0.15) is 0 Å². The van der Waals surface area contributed by atoms with E-state index in [1.165, 1.54) is 5.56 Å². The van der Waals surface area contributed by atoms with E-state index in [1.54, 1.807) is 34.9 Å². The van der Waals surface area contributed by atoms with Crippen LogP contribution in [0.3, 0.4) is 0 Å². The molecular weight excluding hydrogens is 440 g/mol. The van der Waals surface area contributed by atoms with Crippen LogP contribution in [-0.4, -0.2) is 15.0 Å². The van der Waals surface area contributed by atoms with Gasteiger partial charge in [0.25, 0.3) is 0 Å². The Morgan fingerprint density at radius 2 is 1.93 bits per heavy atom. The summed E-state index contributed by atoms with van der Waals surface area (Å²) in [5, 5.41) is 6.92. The Morgan fingerprint density at radius 3 is 2.69 bits per heavy atom. The number of thiazole rings is 1. The molecular formula is C21H17ClN4S3. The maximum absolute atomic E-state index is 6.39. The third-order valence-electron chi connectivity index (χ3n) is 3.88. The Morgan fingerprint density at radius 1 is 1.10 bits per heavy atom. The maximum atomic E-state index is 6.39. The molecule has 146 valence electrons. The van der Waals surface area contributed by atoms with Crippen LogP contribution in [0.2, 0.25) is 5.02 Å². The van der Waals surface area contributed by atoms with Gasteiger partial charge in [-0.1, -0.05) is 35.5 Å². The molecule has 0 aliphatic rings. The highest BCUT2D eigenvalue weighted by Crippen LogP contribution is 2.39. The summed E-state index contributed by atoms with van der Waals surface area (Å²) >= 11 is 11.3. The Bertz CT molecular complexity index is 1100. The molecule has 0 unspecified atom stereocenters. The van der Waals surface area contributed by atoms with E-state index in [1.807, 2.05) is 67.3 Å². The van der Waals surface area contributed by atoms with E-state index in [9.17, 15) is 0 Å². The first-order valence-electron chi connectivity index (χ1n) is 8.80. The Kier molecular flexibility index (Phi) is 6.71. The highest BCUT2D eigenvalue weighted by atomic mass is 35.5. The summed E-state index contributed by atoms with van der Waals surface area (Å²) in [6.45, 7) is 1.98. The van der Waals surface area contributed by atoms with E-state index in [2.05, 4.69) is 26.3 Å². The third-order valence-corrected chi connectivity index (χ3v) is 7.34. The predicted octanol–water partition coefficient (Wildman–Crippen LogP) is 7.08. The zero-order valence-corrected chi connectivity index (χ0v) is 18.7. The highest BCUT2D eigenvalue weighted by molar-refractivity contribution is 8.00. The summed E-state index contributed by atoms with van der Waals surface area (Å²) in [6, 6.07) is 14.0. The molecule has 4 rings (SSSR count). The van der Waals surface area contributed by atoms with Gasteiger partial charge in [0.2, 0.25) is 0 Å². The molecule has 0 fully saturated rings. The first kappa shape index (κ1) is 20.2. The van der Waals surface area contributed by atoms with Gasteiger partial charge in [0.1, 0.15) is 5.82 Å². The minimum Gasteiger partial charge on any atom is -0.315 e. The number of nitrogens with zero attached hydrogens (tertiary/aromatic N) is 3. The molecule has 0 saturated carbocycles. The van der Waals surface area contributed by atoms with E-state index >= 15 is 0 Å². The fourth-order valence-electron chi connectivity index (χ4n) is 2.48. The van der Waals surface area contributed by atoms with Gasteiger partial charge in [0.15, 0.2) is 5.13 Å². The van der Waals surface area contributed by atoms with Gasteiger partial charge >= 0.3 is 0 Å². The molecule has 3 aromatic heterocycles. The monoisotopic (exact) mass is 456 g/mol. The van der Waals surface area contributed by atoms with Crippen molar-refractivity contribution >= 4 is 57.4 Å². The number of aromatic nitrogens is 3. The molecule has 0 aliphatic carbocycles. The Balaban J connectivity index is 1.60. The number of pyridine rings is 2. The lowest BCUT2D eigenvalue weighted by Gasteiger charge is -2.12. The van der Waals surface area contributed by atoms with Gasteiger partial charge in [0, 0.05) is 39.5 Å². The van der Waals surface area contributed by atoms with Crippen LogP contribution < -0.4 is 5.32 Å². The summed E-state index contributed by atoms with van der Waals surface area (Å²) < 4.78 is 0. The van der Waals surface area contributed by atoms with Gasteiger partial charge in [-0.3, -0.25) is 4.98 Å². The predicted molar refractivity (Wildman–Crippen MR) is 124 cm³/mol. The SMILES string of the molecule is Cc1csc(Nc2ncc(SCc3ccncc3)cc2Sc2ccccc2Cl)n1. The summed E-state index contributed by atoms with van der Waals surface area (Å²) in [4.78, 5) is 16.3. The van der Waals surface area contributed by atoms with Crippen LogP contribution in [-0.2, 0) is 5.75 Å². The smallest absolute Gasteiger partial charge is 0.188 e. The average Bonchev–Trinajstić information content (AvgIpc) is 3.15. The minimum atomic E-state index is 0.725. The molecule has 4 aromatic rings. The highest BCUT2D eigenvalue weighted by Gasteiger charge is 2.12. The van der Waals surface area contributed by atoms with Crippen LogP contribution in [0.15, 0.2) is 81.1 Å². The molecule has 0 saturated heterocycles. The summed E-state index contributed by atoms with van der Waals surface area (Å²) in [5.41, 5.74) is 2.22. The van der Waals surface area contributed by atoms with Crippen molar-refractivity contribution < 1.29 is 0 Å². The topological polar surface area (TPSA) is 50.7 Å². The molecule has 8 heteroatoms. The second kappa shape index (κ2) is 9.63. The van der Waals surface area contributed by atoms with Crippen molar-refractivity contribution in [3.8, 4) is 0 Å². The molecule has 1 aromatic carbocycles. The van der Waals surface area contributed by atoms with Crippen molar-refractivity contribution in [2.45, 2.75) is 27.4 Å². The second-order valence-corrected chi connectivity index (χ2v) is 9.51. The largest absolute Gasteiger partial charge is 0.315 e. The minimum absolute atomic E-state index is 0.725. The van der Waals surface area contributed by atoms with Crippen LogP contribution in [0.25, 0.3) is 0 Å². The van der Waals surface area contributed by atoms with E-state index in [0.717, 1.165) is 42.1 Å². The summed E-state index contributed by atoms with van der Waals surface area (Å²) in [5.74, 6) is 1.64. The van der Waals surface area contributed by atoms with E-state index in [0.29, 0.717) is 0 Å². The first-order valence-corrected chi connectivity index (χ1v) is 11.9. The lowest BCUT2D eigenvalue weighted by Crippen LogP contribution is -1.96. The quantitative estimate of drug-likeness (QED) is 0.300. The van der Waals surface area contributed by atoms with E-state index in [4.69, 9.17) is 11.6 Å². The standard InChI is InChI=1S/C21H17ClN4S3/c1-14-12-28-21(25-14)26-20-19(29-18-5-3-2-4-17(18)22)10-16(11-24-20)27-13-15-6-8-23-9-7-15/h2-12H,13H2,1H3,(H,24,25,26). The molecule has 1 N–H and O–H groups in total. The summed E-state index contributed by atoms with van der Waals surface area (Å²) in [6.07, 6.45) is 5.52. The molecule has 0 bridgehead atoms. The van der Waals surface area contributed by atoms with Gasteiger partial charge in [-0.05, 0) is 42.8 Å². The average molecular weight is 457 g/mol. The molecule has 0 amide bonds. The number of halogens is 1. The van der Waals surface area contributed by atoms with Gasteiger partial charge in [0.05, 0.1) is 15.6 Å². The van der Waals surface area contributed by atoms with Crippen LogP contribution in [0.1, 0.15) is 11.3 Å². The molecule has 29 heavy (non-hydrogen) atoms. The lowest BCUT2D eigenvalue weighted by molar-refractivity contribution is 1.14. The van der Waals surface area contributed by atoms with Crippen LogP contribution >= 0.6 is 46.5 Å². The fraction of sp³-hybridized carbons (Fsp3) is 0.0952. The van der Waals surface area contributed by atoms with Crippen LogP contribution in [0, 0.1) is 6.92 Å². The van der Waals surface area contributed by atoms with Crippen molar-refractivity contribution in [1.29, 1.82) is 0 Å². The first-order chi connectivity index (χ1) is 14.2. The third kappa shape index (κ3) is 5.51. The van der Waals surface area contributed by atoms with E-state index in [-0.39, 0.29) is 0 Å². The van der Waals surface area contributed by atoms with Crippen molar-refractivity contribution in [2.75, 3.05) is 5.32 Å². The van der Waals surface area contributed by atoms with Crippen molar-refractivity contribution in [1.82, 2.24) is 15.0 Å². The van der Waals surface area contributed by atoms with Crippen LogP contribution in [0.4, 0.5) is 10.9 Å². The number of hydrogen-bond acceptors (Lipinski definition) is 7. The number of thioether (sulfide) groups is 1. The molecule has 3 heterocycles. The maximum Gasteiger partial charge on any atom is 0.188 e.